The molecule has 3 rings (SSSR count). The fourth-order valence-corrected chi connectivity index (χ4v) is 4.41. The van der Waals surface area contributed by atoms with Crippen molar-refractivity contribution in [3.63, 3.8) is 0 Å². The Hall–Kier alpha value is -0.570. The van der Waals surface area contributed by atoms with Crippen LogP contribution in [-0.2, 0) is 0 Å². The third-order valence-electron chi connectivity index (χ3n) is 4.14. The highest BCUT2D eigenvalue weighted by Crippen LogP contribution is 2.57. The number of rotatable bonds is 0. The molecule has 0 fully saturated rings. The van der Waals surface area contributed by atoms with Gasteiger partial charge in [0.2, 0.25) is 0 Å². The molecule has 0 saturated carbocycles. The quantitative estimate of drug-likeness (QED) is 0.566. The van der Waals surface area contributed by atoms with Crippen LogP contribution in [0.15, 0.2) is 23.8 Å². The van der Waals surface area contributed by atoms with Crippen molar-refractivity contribution in [2.75, 3.05) is 0 Å². The third-order valence-corrected chi connectivity index (χ3v) is 5.26. The number of hydrogen-bond acceptors (Lipinski definition) is 0. The summed E-state index contributed by atoms with van der Waals surface area (Å²) in [6.07, 6.45) is 3.60. The zero-order valence-electron chi connectivity index (χ0n) is 10.8. The maximum absolute atomic E-state index is 2.53. The molecule has 0 spiro atoms. The van der Waals surface area contributed by atoms with Gasteiger partial charge in [0.1, 0.15) is 0 Å². The number of benzene rings is 1. The molecule has 0 saturated heterocycles. The predicted octanol–water partition coefficient (Wildman–Crippen LogP) is 5.28. The number of allylic oxidation sites excluding steroid dienone is 3. The van der Waals surface area contributed by atoms with E-state index in [9.17, 15) is 0 Å². The average Bonchev–Trinajstić information content (AvgIpc) is 2.69. The highest BCUT2D eigenvalue weighted by molar-refractivity contribution is 14.1. The van der Waals surface area contributed by atoms with Gasteiger partial charge >= 0.3 is 0 Å². The van der Waals surface area contributed by atoms with E-state index in [1.807, 2.05) is 0 Å². The molecule has 0 nitrogen and oxygen atoms in total. The lowest BCUT2D eigenvalue weighted by Gasteiger charge is -2.20. The monoisotopic (exact) mass is 336 g/mol. The van der Waals surface area contributed by atoms with Gasteiger partial charge in [-0.15, -0.1) is 0 Å². The van der Waals surface area contributed by atoms with Gasteiger partial charge in [0.25, 0.3) is 0 Å². The molecule has 1 aromatic rings. The van der Waals surface area contributed by atoms with Crippen molar-refractivity contribution in [2.24, 2.45) is 5.41 Å². The van der Waals surface area contributed by atoms with Crippen molar-refractivity contribution in [1.82, 2.24) is 0 Å². The molecule has 0 aromatic heterocycles. The summed E-state index contributed by atoms with van der Waals surface area (Å²) in [6, 6.07) is 4.72. The lowest BCUT2D eigenvalue weighted by molar-refractivity contribution is 0.488. The Bertz CT molecular complexity index is 586. The molecule has 0 amide bonds. The molecule has 88 valence electrons. The molecule has 17 heavy (non-hydrogen) atoms. The molecule has 0 heterocycles. The van der Waals surface area contributed by atoms with Crippen LogP contribution in [0.3, 0.4) is 0 Å². The van der Waals surface area contributed by atoms with Gasteiger partial charge in [0.15, 0.2) is 0 Å². The standard InChI is InChI=1S/C16H17I/c1-9-7-12-11-5-6-16(3,4)14(11)15(17)13(12)8-10(9)2/h5,7-8H,6H2,1-4H3. The summed E-state index contributed by atoms with van der Waals surface area (Å²) >= 11 is 2.53. The molecule has 0 atom stereocenters. The van der Waals surface area contributed by atoms with Crippen molar-refractivity contribution in [2.45, 2.75) is 34.1 Å². The van der Waals surface area contributed by atoms with Crippen LogP contribution in [0.4, 0.5) is 0 Å². The second-order valence-corrected chi connectivity index (χ2v) is 6.96. The first-order valence-corrected chi connectivity index (χ1v) is 7.22. The van der Waals surface area contributed by atoms with E-state index in [-0.39, 0.29) is 0 Å². The molecular weight excluding hydrogens is 319 g/mol. The lowest BCUT2D eigenvalue weighted by atomic mass is 9.85. The van der Waals surface area contributed by atoms with E-state index in [4.69, 9.17) is 0 Å². The zero-order chi connectivity index (χ0) is 12.4. The SMILES string of the molecule is Cc1cc2c(cc1C)C(I)=C1C2=CCC1(C)C. The minimum atomic E-state index is 0.312. The number of aryl methyl sites for hydroxylation is 2. The van der Waals surface area contributed by atoms with Crippen molar-refractivity contribution in [3.8, 4) is 0 Å². The fourth-order valence-electron chi connectivity index (χ4n) is 2.94. The van der Waals surface area contributed by atoms with Crippen LogP contribution in [0.5, 0.6) is 0 Å². The number of hydrogen-bond donors (Lipinski definition) is 0. The first-order valence-electron chi connectivity index (χ1n) is 6.14. The Kier molecular flexibility index (Phi) is 2.35. The Morgan fingerprint density at radius 2 is 1.65 bits per heavy atom. The molecular formula is C16H17I. The van der Waals surface area contributed by atoms with Crippen molar-refractivity contribution < 1.29 is 0 Å². The van der Waals surface area contributed by atoms with Crippen LogP contribution in [-0.4, -0.2) is 0 Å². The van der Waals surface area contributed by atoms with E-state index < -0.39 is 0 Å². The van der Waals surface area contributed by atoms with Crippen LogP contribution < -0.4 is 0 Å². The van der Waals surface area contributed by atoms with Gasteiger partial charge < -0.3 is 0 Å². The van der Waals surface area contributed by atoms with E-state index in [1.54, 1.807) is 5.57 Å². The molecule has 0 unspecified atom stereocenters. The molecule has 1 aromatic carbocycles. The van der Waals surface area contributed by atoms with Gasteiger partial charge in [-0.2, -0.15) is 0 Å². The molecule has 0 aliphatic heterocycles. The molecule has 2 aliphatic carbocycles. The summed E-state index contributed by atoms with van der Waals surface area (Å²) in [5.74, 6) is 0. The molecule has 0 radical (unpaired) electrons. The van der Waals surface area contributed by atoms with E-state index in [0.29, 0.717) is 5.41 Å². The summed E-state index contributed by atoms with van der Waals surface area (Å²) in [5.41, 5.74) is 9.08. The van der Waals surface area contributed by atoms with Crippen LogP contribution in [0.1, 0.15) is 42.5 Å². The van der Waals surface area contributed by atoms with E-state index in [2.05, 4.69) is 68.5 Å². The van der Waals surface area contributed by atoms with E-state index >= 15 is 0 Å². The van der Waals surface area contributed by atoms with Gasteiger partial charge in [-0.1, -0.05) is 32.1 Å². The minimum Gasteiger partial charge on any atom is -0.0754 e. The Morgan fingerprint density at radius 3 is 2.29 bits per heavy atom. The maximum Gasteiger partial charge on any atom is 0.0252 e. The van der Waals surface area contributed by atoms with Gasteiger partial charge in [-0.25, -0.2) is 0 Å². The first kappa shape index (κ1) is 11.5. The summed E-state index contributed by atoms with van der Waals surface area (Å²) in [7, 11) is 0. The largest absolute Gasteiger partial charge is 0.0754 e. The number of halogens is 1. The van der Waals surface area contributed by atoms with Gasteiger partial charge in [-0.05, 0) is 81.7 Å². The predicted molar refractivity (Wildman–Crippen MR) is 83.2 cm³/mol. The highest BCUT2D eigenvalue weighted by Gasteiger charge is 2.38. The van der Waals surface area contributed by atoms with Crippen LogP contribution >= 0.6 is 22.6 Å². The van der Waals surface area contributed by atoms with E-state index in [1.165, 1.54) is 37.8 Å². The van der Waals surface area contributed by atoms with Crippen LogP contribution in [0.25, 0.3) is 9.15 Å². The van der Waals surface area contributed by atoms with Gasteiger partial charge in [-0.3, -0.25) is 0 Å². The lowest BCUT2D eigenvalue weighted by Crippen LogP contribution is -2.08. The molecule has 1 heteroatoms. The van der Waals surface area contributed by atoms with Crippen LogP contribution in [0.2, 0.25) is 0 Å². The second kappa shape index (κ2) is 3.47. The summed E-state index contributed by atoms with van der Waals surface area (Å²) in [5, 5.41) is 0. The van der Waals surface area contributed by atoms with Crippen molar-refractivity contribution in [1.29, 1.82) is 0 Å². The molecule has 0 bridgehead atoms. The van der Waals surface area contributed by atoms with Crippen molar-refractivity contribution >= 4 is 31.7 Å². The van der Waals surface area contributed by atoms with E-state index in [0.717, 1.165) is 0 Å². The maximum atomic E-state index is 2.53. The Labute approximate surface area is 117 Å². The smallest absolute Gasteiger partial charge is 0.0252 e. The zero-order valence-corrected chi connectivity index (χ0v) is 13.0. The number of fused-ring (bicyclic) bond motifs is 3. The second-order valence-electron chi connectivity index (χ2n) is 5.88. The first-order chi connectivity index (χ1) is 7.92. The average molecular weight is 336 g/mol. The van der Waals surface area contributed by atoms with Gasteiger partial charge in [0, 0.05) is 3.58 Å². The third kappa shape index (κ3) is 1.48. The molecule has 2 aliphatic rings. The topological polar surface area (TPSA) is 0 Å². The highest BCUT2D eigenvalue weighted by atomic mass is 127. The summed E-state index contributed by atoms with van der Waals surface area (Å²) < 4.78 is 1.47. The Balaban J connectivity index is 2.30. The van der Waals surface area contributed by atoms with Gasteiger partial charge in [0.05, 0.1) is 0 Å². The van der Waals surface area contributed by atoms with Crippen LogP contribution in [0, 0.1) is 19.3 Å². The summed E-state index contributed by atoms with van der Waals surface area (Å²) in [6.45, 7) is 9.13. The fraction of sp³-hybridized carbons (Fsp3) is 0.375. The summed E-state index contributed by atoms with van der Waals surface area (Å²) in [4.78, 5) is 0. The van der Waals surface area contributed by atoms with Crippen molar-refractivity contribution in [3.05, 3.63) is 46.0 Å². The normalized spacial score (nSPS) is 20.4. The molecule has 0 N–H and O–H groups in total. The Morgan fingerprint density at radius 1 is 1.06 bits per heavy atom. The minimum absolute atomic E-state index is 0.312.